The summed E-state index contributed by atoms with van der Waals surface area (Å²) in [5.41, 5.74) is 3.10. The zero-order valence-electron chi connectivity index (χ0n) is 16.3. The number of carboxylic acid groups (broad SMARTS) is 1. The molecule has 0 aliphatic carbocycles. The van der Waals surface area contributed by atoms with Crippen molar-refractivity contribution in [2.24, 2.45) is 5.41 Å². The molecule has 0 saturated carbocycles. The van der Waals surface area contributed by atoms with E-state index < -0.39 is 11.4 Å². The molecule has 146 valence electrons. The number of para-hydroxylation sites is 1. The number of carboxylic acids is 1. The molecule has 0 aliphatic heterocycles. The normalized spacial score (nSPS) is 11.5. The number of aromatic nitrogens is 3. The molecule has 28 heavy (non-hydrogen) atoms. The van der Waals surface area contributed by atoms with E-state index in [1.165, 1.54) is 0 Å². The molecule has 0 radical (unpaired) electrons. The highest BCUT2D eigenvalue weighted by atomic mass is 16.4. The average Bonchev–Trinajstić information content (AvgIpc) is 3.17. The molecule has 1 aromatic carbocycles. The molecule has 3 rings (SSSR count). The third kappa shape index (κ3) is 4.12. The molecule has 0 amide bonds. The van der Waals surface area contributed by atoms with Gasteiger partial charge in [0.25, 0.3) is 0 Å². The van der Waals surface area contributed by atoms with Crippen molar-refractivity contribution < 1.29 is 9.90 Å². The van der Waals surface area contributed by atoms with E-state index in [1.54, 1.807) is 12.4 Å². The summed E-state index contributed by atoms with van der Waals surface area (Å²) in [6, 6.07) is 13.8. The molecule has 0 spiro atoms. The molecule has 2 heterocycles. The molecule has 0 bridgehead atoms. The van der Waals surface area contributed by atoms with Crippen LogP contribution in [0.25, 0.3) is 16.9 Å². The lowest BCUT2D eigenvalue weighted by atomic mass is 9.82. The average molecular weight is 378 g/mol. The molecule has 2 aromatic heterocycles. The zero-order chi connectivity index (χ0) is 20.0. The Morgan fingerprint density at radius 2 is 1.79 bits per heavy atom. The SMILES string of the molecule is CCC(CC)(CNCc1cn(-c2ccccc2)nc1-c1ccncc1)C(=O)O. The van der Waals surface area contributed by atoms with Crippen molar-refractivity contribution in [1.29, 1.82) is 0 Å². The minimum absolute atomic E-state index is 0.418. The van der Waals surface area contributed by atoms with Crippen LogP contribution in [0.1, 0.15) is 32.3 Å². The highest BCUT2D eigenvalue weighted by Gasteiger charge is 2.34. The molecule has 6 nitrogen and oxygen atoms in total. The van der Waals surface area contributed by atoms with Gasteiger partial charge in [0, 0.05) is 42.8 Å². The Kier molecular flexibility index (Phi) is 6.21. The minimum Gasteiger partial charge on any atom is -0.481 e. The summed E-state index contributed by atoms with van der Waals surface area (Å²) in [7, 11) is 0. The number of nitrogens with zero attached hydrogens (tertiary/aromatic N) is 3. The first-order chi connectivity index (χ1) is 13.6. The molecular weight excluding hydrogens is 352 g/mol. The second-order valence-corrected chi connectivity index (χ2v) is 6.92. The van der Waals surface area contributed by atoms with Gasteiger partial charge in [0.1, 0.15) is 0 Å². The quantitative estimate of drug-likeness (QED) is 0.590. The van der Waals surface area contributed by atoms with Gasteiger partial charge in [-0.1, -0.05) is 32.0 Å². The zero-order valence-corrected chi connectivity index (χ0v) is 16.3. The van der Waals surface area contributed by atoms with Crippen molar-refractivity contribution in [1.82, 2.24) is 20.1 Å². The summed E-state index contributed by atoms with van der Waals surface area (Å²) in [6.07, 6.45) is 6.67. The van der Waals surface area contributed by atoms with Crippen LogP contribution in [0.15, 0.2) is 61.1 Å². The van der Waals surface area contributed by atoms with E-state index in [-0.39, 0.29) is 0 Å². The molecule has 0 fully saturated rings. The molecule has 2 N–H and O–H groups in total. The van der Waals surface area contributed by atoms with Crippen molar-refractivity contribution in [2.75, 3.05) is 6.54 Å². The van der Waals surface area contributed by atoms with E-state index in [2.05, 4.69) is 10.3 Å². The van der Waals surface area contributed by atoms with Gasteiger partial charge >= 0.3 is 5.97 Å². The number of hydrogen-bond donors (Lipinski definition) is 2. The van der Waals surface area contributed by atoms with Crippen molar-refractivity contribution in [2.45, 2.75) is 33.2 Å². The molecule has 0 saturated heterocycles. The smallest absolute Gasteiger partial charge is 0.310 e. The van der Waals surface area contributed by atoms with Crippen molar-refractivity contribution in [3.05, 3.63) is 66.6 Å². The number of aliphatic carboxylic acids is 1. The lowest BCUT2D eigenvalue weighted by molar-refractivity contribution is -0.149. The molecule has 0 unspecified atom stereocenters. The first kappa shape index (κ1) is 19.8. The third-order valence-electron chi connectivity index (χ3n) is 5.35. The number of hydrogen-bond acceptors (Lipinski definition) is 4. The van der Waals surface area contributed by atoms with Gasteiger partial charge in [-0.15, -0.1) is 0 Å². The molecular formula is C22H26N4O2. The van der Waals surface area contributed by atoms with Gasteiger partial charge < -0.3 is 10.4 Å². The largest absolute Gasteiger partial charge is 0.481 e. The summed E-state index contributed by atoms with van der Waals surface area (Å²) in [4.78, 5) is 15.8. The predicted molar refractivity (Wildman–Crippen MR) is 109 cm³/mol. The van der Waals surface area contributed by atoms with Gasteiger partial charge in [-0.2, -0.15) is 5.10 Å². The van der Waals surface area contributed by atoms with Gasteiger partial charge in [0.05, 0.1) is 16.8 Å². The second-order valence-electron chi connectivity index (χ2n) is 6.92. The summed E-state index contributed by atoms with van der Waals surface area (Å²) in [5.74, 6) is -0.751. The van der Waals surface area contributed by atoms with E-state index in [9.17, 15) is 9.90 Å². The van der Waals surface area contributed by atoms with Crippen molar-refractivity contribution in [3.8, 4) is 16.9 Å². The Morgan fingerprint density at radius 3 is 2.39 bits per heavy atom. The van der Waals surface area contributed by atoms with E-state index in [1.807, 2.05) is 67.2 Å². The monoisotopic (exact) mass is 378 g/mol. The van der Waals surface area contributed by atoms with Crippen LogP contribution in [0, 0.1) is 5.41 Å². The number of carbonyl (C=O) groups is 1. The van der Waals surface area contributed by atoms with Gasteiger partial charge in [0.2, 0.25) is 0 Å². The van der Waals surface area contributed by atoms with Gasteiger partial charge in [-0.25, -0.2) is 4.68 Å². The summed E-state index contributed by atoms with van der Waals surface area (Å²) in [6.45, 7) is 4.81. The van der Waals surface area contributed by atoms with E-state index in [4.69, 9.17) is 5.10 Å². The number of pyridine rings is 1. The van der Waals surface area contributed by atoms with Crippen LogP contribution >= 0.6 is 0 Å². The van der Waals surface area contributed by atoms with Gasteiger partial charge in [-0.05, 0) is 37.1 Å². The van der Waals surface area contributed by atoms with Gasteiger partial charge in [-0.3, -0.25) is 9.78 Å². The molecule has 6 heteroatoms. The number of nitrogens with one attached hydrogen (secondary N) is 1. The Balaban J connectivity index is 1.87. The summed E-state index contributed by atoms with van der Waals surface area (Å²) < 4.78 is 1.86. The molecule has 0 atom stereocenters. The van der Waals surface area contributed by atoms with Crippen LogP contribution in [0.5, 0.6) is 0 Å². The maximum absolute atomic E-state index is 11.7. The van der Waals surface area contributed by atoms with E-state index >= 15 is 0 Å². The van der Waals surface area contributed by atoms with Crippen molar-refractivity contribution in [3.63, 3.8) is 0 Å². The maximum atomic E-state index is 11.7. The third-order valence-corrected chi connectivity index (χ3v) is 5.35. The van der Waals surface area contributed by atoms with Crippen molar-refractivity contribution >= 4 is 5.97 Å². The first-order valence-electron chi connectivity index (χ1n) is 9.58. The van der Waals surface area contributed by atoms with Crippen LogP contribution in [0.2, 0.25) is 0 Å². The fourth-order valence-corrected chi connectivity index (χ4v) is 3.32. The maximum Gasteiger partial charge on any atom is 0.310 e. The molecule has 0 aliphatic rings. The van der Waals surface area contributed by atoms with Crippen LogP contribution < -0.4 is 5.32 Å². The standard InChI is InChI=1S/C22H26N4O2/c1-3-22(4-2,21(27)28)16-24-14-18-15-26(19-8-6-5-7-9-19)25-20(18)17-10-12-23-13-11-17/h5-13,15,24H,3-4,14,16H2,1-2H3,(H,27,28). The van der Waals surface area contributed by atoms with Gasteiger partial charge in [0.15, 0.2) is 0 Å². The molecule has 3 aromatic rings. The highest BCUT2D eigenvalue weighted by Crippen LogP contribution is 2.27. The first-order valence-corrected chi connectivity index (χ1v) is 9.58. The number of benzene rings is 1. The Morgan fingerprint density at radius 1 is 1.11 bits per heavy atom. The fraction of sp³-hybridized carbons (Fsp3) is 0.318. The second kappa shape index (κ2) is 8.80. The summed E-state index contributed by atoms with van der Waals surface area (Å²) in [5, 5.41) is 17.8. The van der Waals surface area contributed by atoms with Crippen LogP contribution in [0.4, 0.5) is 0 Å². The Bertz CT molecular complexity index is 903. The fourth-order valence-electron chi connectivity index (χ4n) is 3.32. The van der Waals surface area contributed by atoms with Crippen LogP contribution in [-0.2, 0) is 11.3 Å². The highest BCUT2D eigenvalue weighted by molar-refractivity contribution is 5.74. The van der Waals surface area contributed by atoms with E-state index in [0.717, 1.165) is 22.5 Å². The van der Waals surface area contributed by atoms with Crippen LogP contribution in [0.3, 0.4) is 0 Å². The topological polar surface area (TPSA) is 80.0 Å². The Labute approximate surface area is 165 Å². The lowest BCUT2D eigenvalue weighted by Crippen LogP contribution is -2.40. The minimum atomic E-state index is -0.751. The predicted octanol–water partition coefficient (Wildman–Crippen LogP) is 3.91. The lowest BCUT2D eigenvalue weighted by Gasteiger charge is -2.27. The van der Waals surface area contributed by atoms with Crippen LogP contribution in [-0.4, -0.2) is 32.4 Å². The summed E-state index contributed by atoms with van der Waals surface area (Å²) >= 11 is 0. The number of rotatable bonds is 9. The Hall–Kier alpha value is -2.99. The van der Waals surface area contributed by atoms with E-state index in [0.29, 0.717) is 25.9 Å².